The largest absolute Gasteiger partial charge is 0.391 e. The lowest BCUT2D eigenvalue weighted by Gasteiger charge is -2.27. The second-order valence-corrected chi connectivity index (χ2v) is 5.45. The van der Waals surface area contributed by atoms with Crippen molar-refractivity contribution >= 4 is 11.6 Å². The lowest BCUT2D eigenvalue weighted by molar-refractivity contribution is 0.0714. The van der Waals surface area contributed by atoms with Gasteiger partial charge in [-0.05, 0) is 31.9 Å². The van der Waals surface area contributed by atoms with E-state index in [1.54, 1.807) is 6.20 Å². The van der Waals surface area contributed by atoms with E-state index in [1.165, 1.54) is 0 Å². The fourth-order valence-electron chi connectivity index (χ4n) is 2.78. The predicted molar refractivity (Wildman–Crippen MR) is 75.7 cm³/mol. The zero-order chi connectivity index (χ0) is 14.1. The molecular weight excluding hydrogens is 254 g/mol. The van der Waals surface area contributed by atoms with Gasteiger partial charge in [-0.25, -0.2) is 4.98 Å². The molecule has 0 radical (unpaired) electrons. The van der Waals surface area contributed by atoms with Gasteiger partial charge in [0, 0.05) is 11.9 Å². The first-order valence-electron chi connectivity index (χ1n) is 7.09. The summed E-state index contributed by atoms with van der Waals surface area (Å²) in [6.45, 7) is 1.97. The van der Waals surface area contributed by atoms with Gasteiger partial charge in [0.25, 0.3) is 5.91 Å². The molecule has 1 aliphatic rings. The van der Waals surface area contributed by atoms with Gasteiger partial charge in [0.1, 0.15) is 11.3 Å². The topological polar surface area (TPSA) is 66.6 Å². The number of carbonyl (C=O) groups excluding carboxylic acids is 1. The summed E-state index contributed by atoms with van der Waals surface area (Å²) in [5.74, 6) is -0.209. The van der Waals surface area contributed by atoms with Crippen LogP contribution in [0, 0.1) is 6.92 Å². The van der Waals surface area contributed by atoms with Crippen molar-refractivity contribution in [3.05, 3.63) is 35.8 Å². The molecule has 1 aliphatic carbocycles. The van der Waals surface area contributed by atoms with E-state index in [-0.39, 0.29) is 11.9 Å². The van der Waals surface area contributed by atoms with E-state index in [0.717, 1.165) is 37.0 Å². The Bertz CT molecular complexity index is 635. The van der Waals surface area contributed by atoms with Gasteiger partial charge in [-0.15, -0.1) is 0 Å². The van der Waals surface area contributed by atoms with Crippen LogP contribution in [0.1, 0.15) is 41.9 Å². The number of aromatic nitrogens is 2. The molecule has 1 amide bonds. The molecule has 20 heavy (non-hydrogen) atoms. The monoisotopic (exact) mass is 273 g/mol. The van der Waals surface area contributed by atoms with Gasteiger partial charge in [0.15, 0.2) is 0 Å². The second kappa shape index (κ2) is 5.25. The van der Waals surface area contributed by atoms with E-state index in [4.69, 9.17) is 0 Å². The molecule has 5 heteroatoms. The van der Waals surface area contributed by atoms with Crippen LogP contribution >= 0.6 is 0 Å². The first-order valence-corrected chi connectivity index (χ1v) is 7.09. The van der Waals surface area contributed by atoms with E-state index in [0.29, 0.717) is 5.69 Å². The Kier molecular flexibility index (Phi) is 3.44. The molecule has 3 rings (SSSR count). The van der Waals surface area contributed by atoms with Gasteiger partial charge in [0.2, 0.25) is 0 Å². The Morgan fingerprint density at radius 1 is 1.40 bits per heavy atom. The summed E-state index contributed by atoms with van der Waals surface area (Å²) in [5.41, 5.74) is 2.20. The SMILES string of the molecule is Cc1cccc2nc(C(=O)NC3CCCCC3O)cn12. The summed E-state index contributed by atoms with van der Waals surface area (Å²) in [6, 6.07) is 5.62. The third-order valence-corrected chi connectivity index (χ3v) is 3.97. The molecule has 1 fully saturated rings. The van der Waals surface area contributed by atoms with Crippen molar-refractivity contribution in [1.29, 1.82) is 0 Å². The third-order valence-electron chi connectivity index (χ3n) is 3.97. The van der Waals surface area contributed by atoms with Crippen LogP contribution < -0.4 is 5.32 Å². The van der Waals surface area contributed by atoms with Crippen molar-refractivity contribution in [2.24, 2.45) is 0 Å². The van der Waals surface area contributed by atoms with Gasteiger partial charge < -0.3 is 14.8 Å². The molecule has 2 atom stereocenters. The molecule has 1 saturated carbocycles. The number of amides is 1. The average Bonchev–Trinajstić information content (AvgIpc) is 2.87. The Morgan fingerprint density at radius 2 is 2.20 bits per heavy atom. The van der Waals surface area contributed by atoms with Gasteiger partial charge in [-0.1, -0.05) is 18.9 Å². The van der Waals surface area contributed by atoms with E-state index in [2.05, 4.69) is 10.3 Å². The summed E-state index contributed by atoms with van der Waals surface area (Å²) < 4.78 is 1.90. The molecule has 0 spiro atoms. The number of aryl methyl sites for hydroxylation is 1. The maximum Gasteiger partial charge on any atom is 0.271 e. The van der Waals surface area contributed by atoms with Gasteiger partial charge in [-0.3, -0.25) is 4.79 Å². The number of nitrogens with one attached hydrogen (secondary N) is 1. The summed E-state index contributed by atoms with van der Waals surface area (Å²) >= 11 is 0. The van der Waals surface area contributed by atoms with E-state index in [9.17, 15) is 9.90 Å². The van der Waals surface area contributed by atoms with Gasteiger partial charge >= 0.3 is 0 Å². The molecule has 0 aromatic carbocycles. The smallest absolute Gasteiger partial charge is 0.271 e. The van der Waals surface area contributed by atoms with Crippen molar-refractivity contribution in [3.8, 4) is 0 Å². The van der Waals surface area contributed by atoms with Crippen molar-refractivity contribution in [3.63, 3.8) is 0 Å². The fraction of sp³-hybridized carbons (Fsp3) is 0.467. The minimum atomic E-state index is -0.438. The summed E-state index contributed by atoms with van der Waals surface area (Å²) in [6.07, 6.45) is 4.98. The highest BCUT2D eigenvalue weighted by Crippen LogP contribution is 2.19. The zero-order valence-electron chi connectivity index (χ0n) is 11.5. The fourth-order valence-corrected chi connectivity index (χ4v) is 2.78. The van der Waals surface area contributed by atoms with Gasteiger partial charge in [0.05, 0.1) is 12.1 Å². The van der Waals surface area contributed by atoms with Crippen LogP contribution in [0.3, 0.4) is 0 Å². The molecule has 2 heterocycles. The maximum absolute atomic E-state index is 12.2. The number of pyridine rings is 1. The van der Waals surface area contributed by atoms with Crippen LogP contribution in [0.5, 0.6) is 0 Å². The van der Waals surface area contributed by atoms with Crippen molar-refractivity contribution < 1.29 is 9.90 Å². The molecular formula is C15H19N3O2. The number of hydrogen-bond acceptors (Lipinski definition) is 3. The quantitative estimate of drug-likeness (QED) is 0.874. The average molecular weight is 273 g/mol. The van der Waals surface area contributed by atoms with Crippen LogP contribution in [-0.4, -0.2) is 32.5 Å². The lowest BCUT2D eigenvalue weighted by atomic mass is 9.92. The highest BCUT2D eigenvalue weighted by Gasteiger charge is 2.25. The number of fused-ring (bicyclic) bond motifs is 1. The Morgan fingerprint density at radius 3 is 2.95 bits per heavy atom. The van der Waals surface area contributed by atoms with E-state index in [1.807, 2.05) is 29.5 Å². The predicted octanol–water partition coefficient (Wildman–Crippen LogP) is 1.68. The number of nitrogens with zero attached hydrogens (tertiary/aromatic N) is 2. The second-order valence-electron chi connectivity index (χ2n) is 5.45. The van der Waals surface area contributed by atoms with E-state index < -0.39 is 6.10 Å². The van der Waals surface area contributed by atoms with Crippen LogP contribution in [0.15, 0.2) is 24.4 Å². The Hall–Kier alpha value is -1.88. The Balaban J connectivity index is 1.80. The number of aliphatic hydroxyl groups is 1. The molecule has 0 aliphatic heterocycles. The van der Waals surface area contributed by atoms with E-state index >= 15 is 0 Å². The minimum absolute atomic E-state index is 0.151. The number of imidazole rings is 1. The molecule has 2 N–H and O–H groups in total. The van der Waals surface area contributed by atoms with Crippen LogP contribution in [-0.2, 0) is 0 Å². The lowest BCUT2D eigenvalue weighted by Crippen LogP contribution is -2.45. The molecule has 2 unspecified atom stereocenters. The van der Waals surface area contributed by atoms with Crippen molar-refractivity contribution in [2.45, 2.75) is 44.8 Å². The summed E-state index contributed by atoms with van der Waals surface area (Å²) in [7, 11) is 0. The van der Waals surface area contributed by atoms with Crippen LogP contribution in [0.25, 0.3) is 5.65 Å². The highest BCUT2D eigenvalue weighted by atomic mass is 16.3. The van der Waals surface area contributed by atoms with Gasteiger partial charge in [-0.2, -0.15) is 0 Å². The Labute approximate surface area is 117 Å². The normalized spacial score (nSPS) is 22.9. The van der Waals surface area contributed by atoms with Crippen LogP contribution in [0.4, 0.5) is 0 Å². The molecule has 5 nitrogen and oxygen atoms in total. The molecule has 0 bridgehead atoms. The standard InChI is InChI=1S/C15H19N3O2/c1-10-5-4-8-14-16-12(9-18(10)14)15(20)17-11-6-2-3-7-13(11)19/h4-5,8-9,11,13,19H,2-3,6-7H2,1H3,(H,17,20). The third kappa shape index (κ3) is 2.41. The molecule has 106 valence electrons. The molecule has 0 saturated heterocycles. The maximum atomic E-state index is 12.2. The number of aliphatic hydroxyl groups excluding tert-OH is 1. The summed E-state index contributed by atoms with van der Waals surface area (Å²) in [5, 5.41) is 12.8. The number of hydrogen-bond donors (Lipinski definition) is 2. The first kappa shape index (κ1) is 13.1. The van der Waals surface area contributed by atoms with Crippen molar-refractivity contribution in [2.75, 3.05) is 0 Å². The summed E-state index contributed by atoms with van der Waals surface area (Å²) in [4.78, 5) is 16.6. The number of carbonyl (C=O) groups is 1. The van der Waals surface area contributed by atoms with Crippen LogP contribution in [0.2, 0.25) is 0 Å². The molecule has 2 aromatic heterocycles. The molecule has 2 aromatic rings. The first-order chi connectivity index (χ1) is 9.65. The minimum Gasteiger partial charge on any atom is -0.391 e. The zero-order valence-corrected chi connectivity index (χ0v) is 11.5. The highest BCUT2D eigenvalue weighted by molar-refractivity contribution is 5.93. The van der Waals surface area contributed by atoms with Crippen molar-refractivity contribution in [1.82, 2.24) is 14.7 Å². The number of rotatable bonds is 2.